The molecule has 0 atom stereocenters. The van der Waals surface area contributed by atoms with Gasteiger partial charge in [0, 0.05) is 20.6 Å². The van der Waals surface area contributed by atoms with Gasteiger partial charge in [-0.1, -0.05) is 35.9 Å². The van der Waals surface area contributed by atoms with Gasteiger partial charge in [-0.2, -0.15) is 4.98 Å². The Morgan fingerprint density at radius 3 is 2.62 bits per heavy atom. The Morgan fingerprint density at radius 1 is 0.912 bits per heavy atom. The van der Waals surface area contributed by atoms with Crippen LogP contribution >= 0.6 is 34.2 Å². The number of urea groups is 1. The first-order chi connectivity index (χ1) is 16.5. The summed E-state index contributed by atoms with van der Waals surface area (Å²) in [6.45, 7) is 0. The first-order valence-corrected chi connectivity index (χ1v) is 12.1. The van der Waals surface area contributed by atoms with Gasteiger partial charge in [0.2, 0.25) is 5.95 Å². The molecule has 0 saturated carbocycles. The van der Waals surface area contributed by atoms with Gasteiger partial charge in [-0.05, 0) is 89.0 Å². The summed E-state index contributed by atoms with van der Waals surface area (Å²) in [5, 5.41) is 12.8. The largest absolute Gasteiger partial charge is 0.339 e. The number of fused-ring (bicyclic) bond motifs is 6. The zero-order chi connectivity index (χ0) is 23.5. The lowest BCUT2D eigenvalue weighted by Crippen LogP contribution is -2.21. The van der Waals surface area contributed by atoms with Gasteiger partial charge in [0.1, 0.15) is 5.02 Å². The van der Waals surface area contributed by atoms with Crippen molar-refractivity contribution in [3.05, 3.63) is 92.6 Å². The van der Waals surface area contributed by atoms with E-state index in [1.807, 2.05) is 54.6 Å². The molecular formula is C25H20ClIN6O. The maximum atomic E-state index is 12.7. The molecule has 0 aliphatic carbocycles. The van der Waals surface area contributed by atoms with Gasteiger partial charge in [-0.25, -0.2) is 9.78 Å². The molecule has 34 heavy (non-hydrogen) atoms. The van der Waals surface area contributed by atoms with Crippen LogP contribution in [0.3, 0.4) is 0 Å². The summed E-state index contributed by atoms with van der Waals surface area (Å²) in [7, 11) is 0. The molecule has 1 aromatic heterocycles. The van der Waals surface area contributed by atoms with Crippen molar-refractivity contribution in [3.63, 3.8) is 0 Å². The molecule has 2 heterocycles. The van der Waals surface area contributed by atoms with E-state index in [1.54, 1.807) is 6.20 Å². The van der Waals surface area contributed by atoms with Crippen LogP contribution in [0.15, 0.2) is 72.9 Å². The maximum Gasteiger partial charge on any atom is 0.323 e. The smallest absolute Gasteiger partial charge is 0.323 e. The Labute approximate surface area is 215 Å². The second-order valence-electron chi connectivity index (χ2n) is 7.77. The number of aryl methyl sites for hydroxylation is 2. The van der Waals surface area contributed by atoms with Crippen molar-refractivity contribution >= 4 is 74.7 Å². The molecule has 1 aliphatic heterocycles. The fourth-order valence-electron chi connectivity index (χ4n) is 3.70. The van der Waals surface area contributed by atoms with Crippen LogP contribution in [0.2, 0.25) is 5.02 Å². The number of hydrogen-bond donors (Lipinski definition) is 4. The molecule has 0 radical (unpaired) electrons. The van der Waals surface area contributed by atoms with Gasteiger partial charge in [0.15, 0.2) is 5.82 Å². The third-order valence-electron chi connectivity index (χ3n) is 5.35. The normalized spacial score (nSPS) is 12.2. The molecule has 170 valence electrons. The molecule has 4 aromatic rings. The van der Waals surface area contributed by atoms with Gasteiger partial charge < -0.3 is 21.3 Å². The van der Waals surface area contributed by atoms with Crippen molar-refractivity contribution in [2.45, 2.75) is 12.8 Å². The van der Waals surface area contributed by atoms with Crippen LogP contribution in [-0.4, -0.2) is 16.0 Å². The van der Waals surface area contributed by atoms with Gasteiger partial charge in [0.25, 0.3) is 0 Å². The van der Waals surface area contributed by atoms with E-state index >= 15 is 0 Å². The Morgan fingerprint density at radius 2 is 1.74 bits per heavy atom. The van der Waals surface area contributed by atoms with Gasteiger partial charge in [0.05, 0.1) is 11.9 Å². The third kappa shape index (κ3) is 5.23. The quantitative estimate of drug-likeness (QED) is 0.192. The number of nitrogens with zero attached hydrogens (tertiary/aromatic N) is 2. The Kier molecular flexibility index (Phi) is 6.50. The monoisotopic (exact) mass is 582 g/mol. The fourth-order valence-corrected chi connectivity index (χ4v) is 4.36. The minimum atomic E-state index is -0.293. The number of aromatic nitrogens is 2. The standard InChI is InChI=1S/C25H20ClIN6O/c26-19-14-28-24-30-17-5-3-4-15(12-17)8-9-16-13-18(29-23(19)33-24)10-11-21(16)31-25(34)32-22-7-2-1-6-20(22)27/h1-7,10-14H,8-9H2,(H2,31,32,34)(H2,28,29,30,33). The molecule has 3 aromatic carbocycles. The number of amides is 2. The molecule has 2 amide bonds. The van der Waals surface area contributed by atoms with Crippen molar-refractivity contribution in [3.8, 4) is 0 Å². The lowest BCUT2D eigenvalue weighted by Gasteiger charge is -2.15. The molecule has 4 N–H and O–H groups in total. The summed E-state index contributed by atoms with van der Waals surface area (Å²) in [6.07, 6.45) is 3.09. The highest BCUT2D eigenvalue weighted by atomic mass is 127. The van der Waals surface area contributed by atoms with Crippen molar-refractivity contribution < 1.29 is 4.79 Å². The van der Waals surface area contributed by atoms with Crippen LogP contribution in [0.4, 0.5) is 39.3 Å². The SMILES string of the molecule is O=C(Nc1ccccc1I)Nc1ccc2cc1CCc1cccc(c1)Nc1ncc(Cl)c(n1)N2. The molecule has 5 rings (SSSR count). The van der Waals surface area contributed by atoms with Crippen molar-refractivity contribution in [1.82, 2.24) is 9.97 Å². The van der Waals surface area contributed by atoms with E-state index in [9.17, 15) is 4.79 Å². The fraction of sp³-hybridized carbons (Fsp3) is 0.0800. The highest BCUT2D eigenvalue weighted by Crippen LogP contribution is 2.29. The number of nitrogens with one attached hydrogen (secondary N) is 4. The highest BCUT2D eigenvalue weighted by Gasteiger charge is 2.13. The molecule has 1 aliphatic rings. The second-order valence-corrected chi connectivity index (χ2v) is 9.34. The zero-order valence-electron chi connectivity index (χ0n) is 17.9. The average Bonchev–Trinajstić information content (AvgIpc) is 2.83. The van der Waals surface area contributed by atoms with E-state index in [2.05, 4.69) is 66.0 Å². The third-order valence-corrected chi connectivity index (χ3v) is 6.57. The Bertz CT molecular complexity index is 1380. The molecule has 0 fully saturated rings. The van der Waals surface area contributed by atoms with Crippen LogP contribution in [0.25, 0.3) is 0 Å². The highest BCUT2D eigenvalue weighted by molar-refractivity contribution is 14.1. The van der Waals surface area contributed by atoms with Crippen LogP contribution in [-0.2, 0) is 12.8 Å². The second kappa shape index (κ2) is 9.86. The average molecular weight is 583 g/mol. The first kappa shape index (κ1) is 22.4. The Hall–Kier alpha value is -3.37. The Balaban J connectivity index is 1.47. The lowest BCUT2D eigenvalue weighted by atomic mass is 10.0. The van der Waals surface area contributed by atoms with Gasteiger partial charge >= 0.3 is 6.03 Å². The lowest BCUT2D eigenvalue weighted by molar-refractivity contribution is 0.262. The summed E-state index contributed by atoms with van der Waals surface area (Å²) >= 11 is 8.54. The summed E-state index contributed by atoms with van der Waals surface area (Å²) in [5.41, 5.74) is 5.37. The molecule has 6 bridgehead atoms. The number of carbonyl (C=O) groups excluding carboxylic acids is 1. The van der Waals surface area contributed by atoms with Crippen LogP contribution in [0.5, 0.6) is 0 Å². The number of rotatable bonds is 2. The maximum absolute atomic E-state index is 12.7. The van der Waals surface area contributed by atoms with E-state index in [-0.39, 0.29) is 6.03 Å². The van der Waals surface area contributed by atoms with E-state index in [0.29, 0.717) is 16.8 Å². The molecule has 7 nitrogen and oxygen atoms in total. The van der Waals surface area contributed by atoms with E-state index in [0.717, 1.165) is 50.3 Å². The molecule has 0 saturated heterocycles. The molecular weight excluding hydrogens is 563 g/mol. The van der Waals surface area contributed by atoms with Crippen LogP contribution in [0, 0.1) is 3.57 Å². The van der Waals surface area contributed by atoms with Crippen LogP contribution in [0.1, 0.15) is 11.1 Å². The predicted octanol–water partition coefficient (Wildman–Crippen LogP) is 6.96. The summed E-state index contributed by atoms with van der Waals surface area (Å²) in [6, 6.07) is 21.3. The topological polar surface area (TPSA) is 91.0 Å². The minimum Gasteiger partial charge on any atom is -0.339 e. The number of anilines is 6. The van der Waals surface area contributed by atoms with Crippen molar-refractivity contribution in [1.29, 1.82) is 0 Å². The number of para-hydroxylation sites is 1. The molecule has 9 heteroatoms. The molecule has 0 unspecified atom stereocenters. The van der Waals surface area contributed by atoms with Gasteiger partial charge in [-0.15, -0.1) is 0 Å². The van der Waals surface area contributed by atoms with E-state index in [1.165, 1.54) is 0 Å². The van der Waals surface area contributed by atoms with Crippen LogP contribution < -0.4 is 21.3 Å². The number of carbonyl (C=O) groups is 1. The predicted molar refractivity (Wildman–Crippen MR) is 146 cm³/mol. The molecule has 0 spiro atoms. The zero-order valence-corrected chi connectivity index (χ0v) is 20.8. The summed E-state index contributed by atoms with van der Waals surface area (Å²) in [4.78, 5) is 21.6. The number of benzene rings is 3. The van der Waals surface area contributed by atoms with E-state index in [4.69, 9.17) is 11.6 Å². The number of hydrogen-bond acceptors (Lipinski definition) is 5. The summed E-state index contributed by atoms with van der Waals surface area (Å²) < 4.78 is 0.968. The summed E-state index contributed by atoms with van der Waals surface area (Å²) in [5.74, 6) is 0.951. The van der Waals surface area contributed by atoms with Crippen molar-refractivity contribution in [2.75, 3.05) is 21.3 Å². The van der Waals surface area contributed by atoms with Crippen molar-refractivity contribution in [2.24, 2.45) is 0 Å². The minimum absolute atomic E-state index is 0.293. The number of halogens is 2. The van der Waals surface area contributed by atoms with Gasteiger partial charge in [-0.3, -0.25) is 0 Å². The van der Waals surface area contributed by atoms with E-state index < -0.39 is 0 Å². The first-order valence-electron chi connectivity index (χ1n) is 10.6.